The molecule has 3 aromatic carbocycles. The van der Waals surface area contributed by atoms with E-state index in [2.05, 4.69) is 54.7 Å². The highest BCUT2D eigenvalue weighted by Gasteiger charge is 2.37. The molecule has 0 N–H and O–H groups in total. The number of carbonyl (C=O) groups is 6. The minimum Gasteiger partial charge on any atom is -0.469 e. The monoisotopic (exact) mass is 1010 g/mol. The molecule has 55 heavy (non-hydrogen) atoms. The second-order valence-electron chi connectivity index (χ2n) is 11.7. The molecule has 0 aliphatic carbocycles. The summed E-state index contributed by atoms with van der Waals surface area (Å²) in [5, 5.41) is 0. The van der Waals surface area contributed by atoms with E-state index in [-0.39, 0.29) is 42.3 Å². The Kier molecular flexibility index (Phi) is 22.8. The van der Waals surface area contributed by atoms with Crippen LogP contribution in [-0.2, 0) is 74.9 Å². The van der Waals surface area contributed by atoms with E-state index in [9.17, 15) is 37.2 Å². The molecule has 0 aliphatic heterocycles. The fraction of sp³-hybridized carbons (Fsp3) is 0.385. The van der Waals surface area contributed by atoms with Crippen molar-refractivity contribution < 1.29 is 60.3 Å². The lowest BCUT2D eigenvalue weighted by Crippen LogP contribution is -2.37. The van der Waals surface area contributed by atoms with Crippen LogP contribution in [0.25, 0.3) is 0 Å². The topological polar surface area (TPSA) is 183 Å². The molecule has 0 amide bonds. The summed E-state index contributed by atoms with van der Waals surface area (Å²) in [5.41, 5.74) is 2.65. The fourth-order valence-electron chi connectivity index (χ4n) is 4.50. The minimum absolute atomic E-state index is 0.0128. The largest absolute Gasteiger partial charge is 0.469 e. The van der Waals surface area contributed by atoms with Crippen LogP contribution in [0, 0.1) is 25.9 Å². The van der Waals surface area contributed by atoms with Crippen molar-refractivity contribution in [3.8, 4) is 0 Å². The van der Waals surface area contributed by atoms with Crippen LogP contribution in [0.1, 0.15) is 50.8 Å². The second-order valence-corrected chi connectivity index (χ2v) is 15.7. The first kappa shape index (κ1) is 49.3. The summed E-state index contributed by atoms with van der Waals surface area (Å²) in [4.78, 5) is 69.8. The zero-order valence-corrected chi connectivity index (χ0v) is 36.8. The van der Waals surface area contributed by atoms with E-state index in [1.807, 2.05) is 55.5 Å². The maximum absolute atomic E-state index is 12.5. The highest BCUT2D eigenvalue weighted by molar-refractivity contribution is 14.1. The maximum Gasteiger partial charge on any atom is 0.336 e. The molecular weight excluding hydrogens is 962 g/mol. The highest BCUT2D eigenvalue weighted by atomic mass is 127. The van der Waals surface area contributed by atoms with Crippen LogP contribution in [0.15, 0.2) is 77.7 Å². The number of carbonyl (C=O) groups excluding carboxylic acids is 6. The number of Topliss-reactive ketones (excluding diaryl/α,β-unsaturated/α-hetero) is 2. The van der Waals surface area contributed by atoms with Gasteiger partial charge in [0.05, 0.1) is 38.2 Å². The predicted molar refractivity (Wildman–Crippen MR) is 219 cm³/mol. The normalized spacial score (nSPS) is 12.2. The van der Waals surface area contributed by atoms with Gasteiger partial charge in [0.2, 0.25) is 0 Å². The van der Waals surface area contributed by atoms with Crippen LogP contribution in [0.4, 0.5) is 0 Å². The summed E-state index contributed by atoms with van der Waals surface area (Å²) >= 11 is 4.37. The first-order valence-electron chi connectivity index (χ1n) is 16.9. The third-order valence-electron chi connectivity index (χ3n) is 7.33. The molecular formula is C39H46I2O13S. The summed E-state index contributed by atoms with van der Waals surface area (Å²) in [6, 6.07) is 21.2. The number of ketones is 2. The van der Waals surface area contributed by atoms with Crippen LogP contribution < -0.4 is 0 Å². The van der Waals surface area contributed by atoms with Gasteiger partial charge in [-0.3, -0.25) is 28.2 Å². The van der Waals surface area contributed by atoms with Gasteiger partial charge >= 0.3 is 23.9 Å². The molecule has 3 aromatic rings. The average molecular weight is 1010 g/mol. The van der Waals surface area contributed by atoms with E-state index in [0.29, 0.717) is 6.61 Å². The molecule has 0 saturated carbocycles. The summed E-state index contributed by atoms with van der Waals surface area (Å²) < 4.78 is 49.0. The van der Waals surface area contributed by atoms with E-state index in [0.717, 1.165) is 23.8 Å². The van der Waals surface area contributed by atoms with Crippen LogP contribution in [-0.4, -0.2) is 77.4 Å². The average Bonchev–Trinajstić information content (AvgIpc) is 3.13. The Hall–Kier alpha value is -3.75. The number of rotatable bonds is 16. The number of hydrogen-bond donors (Lipinski definition) is 0. The number of halogens is 2. The zero-order chi connectivity index (χ0) is 41.7. The number of esters is 4. The summed E-state index contributed by atoms with van der Waals surface area (Å²) in [5.74, 6) is -4.95. The Morgan fingerprint density at radius 2 is 1.13 bits per heavy atom. The molecule has 0 bridgehead atoms. The number of methoxy groups -OCH3 is 2. The van der Waals surface area contributed by atoms with Crippen molar-refractivity contribution in [3.63, 3.8) is 0 Å². The van der Waals surface area contributed by atoms with Crippen LogP contribution in [0.5, 0.6) is 0 Å². The highest BCUT2D eigenvalue weighted by Crippen LogP contribution is 2.20. The first-order valence-corrected chi connectivity index (χ1v) is 20.5. The Morgan fingerprint density at radius 1 is 0.655 bits per heavy atom. The molecule has 16 heteroatoms. The first-order chi connectivity index (χ1) is 25.9. The molecule has 0 saturated heterocycles. The van der Waals surface area contributed by atoms with E-state index in [1.165, 1.54) is 40.2 Å². The minimum atomic E-state index is -3.93. The smallest absolute Gasteiger partial charge is 0.336 e. The van der Waals surface area contributed by atoms with E-state index in [4.69, 9.17) is 13.7 Å². The van der Waals surface area contributed by atoms with Gasteiger partial charge in [-0.15, -0.1) is 0 Å². The van der Waals surface area contributed by atoms with Crippen molar-refractivity contribution in [1.29, 1.82) is 0 Å². The van der Waals surface area contributed by atoms with Gasteiger partial charge in [-0.25, -0.2) is 4.79 Å². The van der Waals surface area contributed by atoms with Gasteiger partial charge in [0, 0.05) is 20.0 Å². The lowest BCUT2D eigenvalue weighted by atomic mass is 9.87. The van der Waals surface area contributed by atoms with Gasteiger partial charge in [-0.2, -0.15) is 8.42 Å². The molecule has 13 nitrogen and oxygen atoms in total. The molecule has 300 valence electrons. The van der Waals surface area contributed by atoms with Crippen LogP contribution in [0.3, 0.4) is 0 Å². The van der Waals surface area contributed by atoms with Crippen molar-refractivity contribution in [2.75, 3.05) is 27.4 Å². The maximum atomic E-state index is 12.5. The van der Waals surface area contributed by atoms with Crippen molar-refractivity contribution >= 4 is 90.7 Å². The third kappa shape index (κ3) is 18.6. The van der Waals surface area contributed by atoms with Gasteiger partial charge in [-0.05, 0) is 120 Å². The standard InChI is InChI=1S/C16H19IO5.C12H13IO3.C11H14O5S/c1-4-22-16(20)14(10(2)15(19)21-3)13(18)9-11-5-7-12(17)8-6-11;1-2-16-12(15)8-11(14)7-9-3-5-10(13)6-4-9;1-8-4-6-10(7-5-8)17(13,14)16-9(2)11(12)15-3/h5-8,10,14H,4,9H2,1-3H3;3-6H,2,7-8H2,1H3;4-7,9H,1-3H3/t10-,14?;;/m1../s1. The molecule has 0 radical (unpaired) electrons. The molecule has 0 fully saturated rings. The molecule has 3 atom stereocenters. The number of benzene rings is 3. The number of ether oxygens (including phenoxy) is 4. The zero-order valence-electron chi connectivity index (χ0n) is 31.7. The van der Waals surface area contributed by atoms with E-state index >= 15 is 0 Å². The quantitative estimate of drug-likeness (QED) is 0.0536. The molecule has 0 aliphatic rings. The van der Waals surface area contributed by atoms with Gasteiger partial charge in [0.15, 0.2) is 11.9 Å². The van der Waals surface area contributed by atoms with Gasteiger partial charge in [0.25, 0.3) is 10.1 Å². The summed E-state index contributed by atoms with van der Waals surface area (Å²) in [7, 11) is -1.54. The number of aryl methyl sites for hydroxylation is 1. The molecule has 3 rings (SSSR count). The Morgan fingerprint density at radius 3 is 1.58 bits per heavy atom. The van der Waals surface area contributed by atoms with E-state index in [1.54, 1.807) is 26.0 Å². The third-order valence-corrected chi connectivity index (χ3v) is 10.2. The SMILES string of the molecule is CCOC(=O)C(C(=O)Cc1ccc(I)cc1)[C@@H](C)C(=O)OC.CCOC(=O)CC(=O)Cc1ccc(I)cc1.COC(=O)C(C)OS(=O)(=O)c1ccc(C)cc1. The van der Waals surface area contributed by atoms with Crippen LogP contribution >= 0.6 is 45.2 Å². The molecule has 2 unspecified atom stereocenters. The molecule has 0 aromatic heterocycles. The van der Waals surface area contributed by atoms with Gasteiger partial charge in [-0.1, -0.05) is 48.9 Å². The fourth-order valence-corrected chi connectivity index (χ4v) is 6.26. The van der Waals surface area contributed by atoms with E-state index < -0.39 is 51.9 Å². The Bertz CT molecular complexity index is 1830. The number of hydrogen-bond acceptors (Lipinski definition) is 13. The lowest BCUT2D eigenvalue weighted by molar-refractivity contribution is -0.161. The van der Waals surface area contributed by atoms with Crippen LogP contribution in [0.2, 0.25) is 0 Å². The van der Waals surface area contributed by atoms with Crippen molar-refractivity contribution in [1.82, 2.24) is 0 Å². The van der Waals surface area contributed by atoms with Gasteiger partial charge < -0.3 is 18.9 Å². The van der Waals surface area contributed by atoms with Crippen molar-refractivity contribution in [2.24, 2.45) is 11.8 Å². The molecule has 0 heterocycles. The van der Waals surface area contributed by atoms with Crippen molar-refractivity contribution in [2.45, 2.75) is 64.9 Å². The lowest BCUT2D eigenvalue weighted by Gasteiger charge is -2.19. The summed E-state index contributed by atoms with van der Waals surface area (Å²) in [6.45, 7) is 8.50. The Labute approximate surface area is 349 Å². The second kappa shape index (κ2) is 25.4. The van der Waals surface area contributed by atoms with Gasteiger partial charge in [0.1, 0.15) is 18.1 Å². The Balaban J connectivity index is 0.000000419. The van der Waals surface area contributed by atoms with Crippen molar-refractivity contribution in [3.05, 3.63) is 96.6 Å². The summed E-state index contributed by atoms with van der Waals surface area (Å²) in [6.07, 6.45) is -0.941. The predicted octanol–water partition coefficient (Wildman–Crippen LogP) is 6.01. The molecule has 0 spiro atoms.